The first-order valence-corrected chi connectivity index (χ1v) is 9.88. The van der Waals surface area contributed by atoms with E-state index in [0.29, 0.717) is 0 Å². The van der Waals surface area contributed by atoms with E-state index in [-0.39, 0.29) is 5.56 Å². The second-order valence-electron chi connectivity index (χ2n) is 7.03. The van der Waals surface area contributed by atoms with Crippen LogP contribution in [0.4, 0.5) is 0 Å². The summed E-state index contributed by atoms with van der Waals surface area (Å²) >= 11 is 1.71. The number of nitrogens with zero attached hydrogens (tertiary/aromatic N) is 1. The van der Waals surface area contributed by atoms with Crippen molar-refractivity contribution in [2.75, 3.05) is 7.05 Å². The Labute approximate surface area is 151 Å². The van der Waals surface area contributed by atoms with Crippen molar-refractivity contribution in [1.29, 1.82) is 0 Å². The summed E-state index contributed by atoms with van der Waals surface area (Å²) < 4.78 is 0. The van der Waals surface area contributed by atoms with E-state index in [9.17, 15) is 4.79 Å². The average Bonchev–Trinajstić information content (AvgIpc) is 3.15. The topological polar surface area (TPSA) is 50.2 Å². The lowest BCUT2D eigenvalue weighted by Gasteiger charge is -2.13. The molecule has 0 aliphatic heterocycles. The Balaban J connectivity index is 1.52. The van der Waals surface area contributed by atoms with Crippen LogP contribution in [0.3, 0.4) is 0 Å². The number of aromatic amines is 1. The van der Waals surface area contributed by atoms with Crippen LogP contribution in [-0.4, -0.2) is 17.0 Å². The lowest BCUT2D eigenvalue weighted by atomic mass is 10.1. The Hall–Kier alpha value is -1.98. The molecule has 0 saturated heterocycles. The van der Waals surface area contributed by atoms with Gasteiger partial charge in [-0.1, -0.05) is 31.2 Å². The van der Waals surface area contributed by atoms with Gasteiger partial charge < -0.3 is 9.88 Å². The molecule has 1 aliphatic carbocycles. The number of rotatable bonds is 5. The summed E-state index contributed by atoms with van der Waals surface area (Å²) in [5.41, 5.74) is 3.97. The Morgan fingerprint density at radius 3 is 2.68 bits per heavy atom. The van der Waals surface area contributed by atoms with Crippen LogP contribution in [0.15, 0.2) is 29.1 Å². The summed E-state index contributed by atoms with van der Waals surface area (Å²) in [6.07, 6.45) is 4.36. The normalized spacial score (nSPS) is 14.8. The summed E-state index contributed by atoms with van der Waals surface area (Å²) in [6.45, 7) is 3.82. The number of aromatic nitrogens is 2. The van der Waals surface area contributed by atoms with Gasteiger partial charge in [0.25, 0.3) is 5.56 Å². The molecule has 3 aromatic rings. The number of fused-ring (bicyclic) bond motifs is 3. The maximum Gasteiger partial charge on any atom is 0.260 e. The summed E-state index contributed by atoms with van der Waals surface area (Å²) in [7, 11) is 2.15. The SMILES string of the molecule is CCc1ccc(C[NH+](C)Cc2nc3sc4c(c3c(=O)[nH]2)CCC4)cc1. The highest BCUT2D eigenvalue weighted by atomic mass is 32.1. The van der Waals surface area contributed by atoms with Crippen LogP contribution >= 0.6 is 11.3 Å². The van der Waals surface area contributed by atoms with Gasteiger partial charge in [0.1, 0.15) is 17.9 Å². The van der Waals surface area contributed by atoms with Crippen LogP contribution in [0.2, 0.25) is 0 Å². The molecule has 0 saturated carbocycles. The zero-order chi connectivity index (χ0) is 17.4. The minimum absolute atomic E-state index is 0.0412. The number of aryl methyl sites for hydroxylation is 3. The van der Waals surface area contributed by atoms with E-state index < -0.39 is 0 Å². The van der Waals surface area contributed by atoms with E-state index in [0.717, 1.165) is 48.4 Å². The molecule has 2 N–H and O–H groups in total. The molecule has 1 aliphatic rings. The molecule has 130 valence electrons. The second-order valence-corrected chi connectivity index (χ2v) is 8.11. The van der Waals surface area contributed by atoms with Crippen molar-refractivity contribution >= 4 is 21.6 Å². The fourth-order valence-corrected chi connectivity index (χ4v) is 5.00. The Bertz CT molecular complexity index is 955. The van der Waals surface area contributed by atoms with Gasteiger partial charge in [-0.2, -0.15) is 0 Å². The molecule has 4 rings (SSSR count). The molecule has 1 unspecified atom stereocenters. The van der Waals surface area contributed by atoms with Crippen molar-refractivity contribution in [3.63, 3.8) is 0 Å². The third-order valence-corrected chi connectivity index (χ3v) is 6.22. The summed E-state index contributed by atoms with van der Waals surface area (Å²) in [5.74, 6) is 0.792. The zero-order valence-electron chi connectivity index (χ0n) is 14.8. The predicted octanol–water partition coefficient (Wildman–Crippen LogP) is 2.25. The van der Waals surface area contributed by atoms with Gasteiger partial charge in [0, 0.05) is 10.4 Å². The molecule has 2 aromatic heterocycles. The minimum Gasteiger partial charge on any atom is -0.327 e. The number of nitrogens with one attached hydrogen (secondary N) is 2. The van der Waals surface area contributed by atoms with Gasteiger partial charge in [0.15, 0.2) is 5.82 Å². The van der Waals surface area contributed by atoms with E-state index >= 15 is 0 Å². The van der Waals surface area contributed by atoms with Crippen LogP contribution in [0, 0.1) is 0 Å². The number of hydrogen-bond acceptors (Lipinski definition) is 3. The second kappa shape index (κ2) is 6.73. The largest absolute Gasteiger partial charge is 0.327 e. The monoisotopic (exact) mass is 354 g/mol. The molecule has 0 amide bonds. The van der Waals surface area contributed by atoms with Crippen molar-refractivity contribution in [2.45, 2.75) is 45.7 Å². The van der Waals surface area contributed by atoms with Crippen molar-refractivity contribution in [2.24, 2.45) is 0 Å². The molecule has 0 fully saturated rings. The first kappa shape index (κ1) is 16.5. The van der Waals surface area contributed by atoms with Gasteiger partial charge in [-0.15, -0.1) is 11.3 Å². The molecule has 5 heteroatoms. The van der Waals surface area contributed by atoms with Crippen molar-refractivity contribution < 1.29 is 4.90 Å². The highest BCUT2D eigenvalue weighted by Gasteiger charge is 2.21. The third-order valence-electron chi connectivity index (χ3n) is 5.03. The zero-order valence-corrected chi connectivity index (χ0v) is 15.6. The van der Waals surface area contributed by atoms with E-state index in [1.54, 1.807) is 11.3 Å². The lowest BCUT2D eigenvalue weighted by molar-refractivity contribution is -0.908. The standard InChI is InChI=1S/C20H23N3OS/c1-3-13-7-9-14(10-8-13)11-23(2)12-17-21-19(24)18-15-5-4-6-16(15)25-20(18)22-17/h7-10H,3-6,11-12H2,1-2H3,(H,21,22,24)/p+1. The van der Waals surface area contributed by atoms with Crippen LogP contribution in [0.5, 0.6) is 0 Å². The predicted molar refractivity (Wildman–Crippen MR) is 102 cm³/mol. The smallest absolute Gasteiger partial charge is 0.260 e. The van der Waals surface area contributed by atoms with E-state index in [1.807, 2.05) is 0 Å². The maximum atomic E-state index is 12.5. The molecule has 0 bridgehead atoms. The number of benzene rings is 1. The first-order chi connectivity index (χ1) is 12.1. The summed E-state index contributed by atoms with van der Waals surface area (Å²) in [4.78, 5) is 23.9. The Morgan fingerprint density at radius 2 is 1.92 bits per heavy atom. The van der Waals surface area contributed by atoms with Gasteiger partial charge in [-0.3, -0.25) is 4.79 Å². The number of quaternary nitrogens is 1. The van der Waals surface area contributed by atoms with Crippen molar-refractivity contribution in [1.82, 2.24) is 9.97 Å². The number of H-pyrrole nitrogens is 1. The third kappa shape index (κ3) is 3.26. The highest BCUT2D eigenvalue weighted by Crippen LogP contribution is 2.34. The van der Waals surface area contributed by atoms with Gasteiger partial charge in [0.05, 0.1) is 12.4 Å². The van der Waals surface area contributed by atoms with Crippen LogP contribution in [0.25, 0.3) is 10.2 Å². The molecule has 1 aromatic carbocycles. The van der Waals surface area contributed by atoms with Crippen molar-refractivity contribution in [3.8, 4) is 0 Å². The number of hydrogen-bond donors (Lipinski definition) is 2. The van der Waals surface area contributed by atoms with Gasteiger partial charge in [-0.25, -0.2) is 4.98 Å². The quantitative estimate of drug-likeness (QED) is 0.738. The summed E-state index contributed by atoms with van der Waals surface area (Å²) in [6, 6.07) is 8.79. The van der Waals surface area contributed by atoms with E-state index in [4.69, 9.17) is 4.98 Å². The van der Waals surface area contributed by atoms with Crippen LogP contribution in [-0.2, 0) is 32.4 Å². The van der Waals surface area contributed by atoms with E-state index in [1.165, 1.54) is 32.9 Å². The molecule has 0 radical (unpaired) electrons. The first-order valence-electron chi connectivity index (χ1n) is 9.06. The average molecular weight is 354 g/mol. The number of thiophene rings is 1. The maximum absolute atomic E-state index is 12.5. The molecule has 1 atom stereocenters. The summed E-state index contributed by atoms with van der Waals surface area (Å²) in [5, 5.41) is 0.842. The molecule has 25 heavy (non-hydrogen) atoms. The fraction of sp³-hybridized carbons (Fsp3) is 0.400. The minimum atomic E-state index is 0.0412. The fourth-order valence-electron chi connectivity index (χ4n) is 3.72. The molecule has 4 nitrogen and oxygen atoms in total. The van der Waals surface area contributed by atoms with E-state index in [2.05, 4.69) is 43.2 Å². The van der Waals surface area contributed by atoms with Gasteiger partial charge in [0.2, 0.25) is 0 Å². The van der Waals surface area contributed by atoms with Crippen LogP contribution in [0.1, 0.15) is 40.7 Å². The molecule has 0 spiro atoms. The molecule has 2 heterocycles. The Morgan fingerprint density at radius 1 is 1.16 bits per heavy atom. The van der Waals surface area contributed by atoms with Crippen LogP contribution < -0.4 is 10.5 Å². The molecular formula is C20H24N3OS+. The van der Waals surface area contributed by atoms with Crippen molar-refractivity contribution in [3.05, 3.63) is 62.0 Å². The Kier molecular flexibility index (Phi) is 4.44. The lowest BCUT2D eigenvalue weighted by Crippen LogP contribution is -3.06. The highest BCUT2D eigenvalue weighted by molar-refractivity contribution is 7.18. The molecular weight excluding hydrogens is 330 g/mol. The van der Waals surface area contributed by atoms with Gasteiger partial charge >= 0.3 is 0 Å². The van der Waals surface area contributed by atoms with Gasteiger partial charge in [-0.05, 0) is 36.8 Å².